The van der Waals surface area contributed by atoms with E-state index in [2.05, 4.69) is 15.2 Å². The number of carbonyl (C=O) groups is 1. The van der Waals surface area contributed by atoms with Crippen molar-refractivity contribution in [2.75, 3.05) is 31.1 Å². The van der Waals surface area contributed by atoms with E-state index in [1.807, 2.05) is 37.0 Å². The van der Waals surface area contributed by atoms with Crippen molar-refractivity contribution >= 4 is 17.2 Å². The van der Waals surface area contributed by atoms with Gasteiger partial charge in [-0.2, -0.15) is 5.10 Å². The molecule has 3 heterocycles. The van der Waals surface area contributed by atoms with Crippen molar-refractivity contribution in [2.24, 2.45) is 0 Å². The summed E-state index contributed by atoms with van der Waals surface area (Å²) in [6, 6.07) is 10.3. The van der Waals surface area contributed by atoms with Crippen molar-refractivity contribution in [1.82, 2.24) is 20.1 Å². The van der Waals surface area contributed by atoms with Gasteiger partial charge < -0.3 is 9.80 Å². The summed E-state index contributed by atoms with van der Waals surface area (Å²) in [5, 5.41) is 6.21. The Morgan fingerprint density at radius 3 is 2.48 bits per heavy atom. The standard InChI is InChI=1S/C25H26FN5O2/c1-4-20(18-6-5-16(2)22(26)13-18)21-7-8-23(28-17(21)3)25(33)31-11-9-30(10-12-31)19-14-24(32)29-27-15-19/h4-8,13-15H,9-12H2,1-3H3,(H,29,32)/b20-4-. The second kappa shape index (κ2) is 9.36. The van der Waals surface area contributed by atoms with E-state index in [-0.39, 0.29) is 17.3 Å². The van der Waals surface area contributed by atoms with Crippen LogP contribution in [-0.2, 0) is 0 Å². The maximum atomic E-state index is 14.1. The number of aromatic nitrogens is 3. The quantitative estimate of drug-likeness (QED) is 0.664. The van der Waals surface area contributed by atoms with Crippen LogP contribution in [0.2, 0.25) is 0 Å². The Labute approximate surface area is 191 Å². The lowest BCUT2D eigenvalue weighted by molar-refractivity contribution is 0.0740. The van der Waals surface area contributed by atoms with E-state index < -0.39 is 0 Å². The molecule has 8 heteroatoms. The summed E-state index contributed by atoms with van der Waals surface area (Å²) in [6.45, 7) is 7.76. The lowest BCUT2D eigenvalue weighted by atomic mass is 9.95. The van der Waals surface area contributed by atoms with E-state index in [0.717, 1.165) is 22.4 Å². The van der Waals surface area contributed by atoms with Gasteiger partial charge in [0.05, 0.1) is 11.9 Å². The molecule has 170 valence electrons. The molecule has 1 fully saturated rings. The predicted octanol–water partition coefficient (Wildman–Crippen LogP) is 3.33. The number of hydrogen-bond donors (Lipinski definition) is 1. The van der Waals surface area contributed by atoms with Crippen LogP contribution in [-0.4, -0.2) is 52.2 Å². The van der Waals surface area contributed by atoms with E-state index in [4.69, 9.17) is 0 Å². The molecule has 7 nitrogen and oxygen atoms in total. The van der Waals surface area contributed by atoms with Gasteiger partial charge in [0.2, 0.25) is 0 Å². The number of aryl methyl sites for hydroxylation is 2. The largest absolute Gasteiger partial charge is 0.367 e. The topological polar surface area (TPSA) is 82.2 Å². The van der Waals surface area contributed by atoms with Crippen molar-refractivity contribution < 1.29 is 9.18 Å². The number of nitrogens with zero attached hydrogens (tertiary/aromatic N) is 4. The zero-order valence-corrected chi connectivity index (χ0v) is 18.9. The average molecular weight is 448 g/mol. The summed E-state index contributed by atoms with van der Waals surface area (Å²) in [7, 11) is 0. The van der Waals surface area contributed by atoms with Gasteiger partial charge in [-0.1, -0.05) is 24.3 Å². The number of aromatic amines is 1. The molecule has 1 saturated heterocycles. The smallest absolute Gasteiger partial charge is 0.272 e. The predicted molar refractivity (Wildman–Crippen MR) is 126 cm³/mol. The Balaban J connectivity index is 1.49. The molecule has 2 aromatic heterocycles. The van der Waals surface area contributed by atoms with Gasteiger partial charge >= 0.3 is 0 Å². The minimum absolute atomic E-state index is 0.128. The average Bonchev–Trinajstić information content (AvgIpc) is 2.82. The molecular weight excluding hydrogens is 421 g/mol. The number of allylic oxidation sites excluding steroid dienone is 1. The third-order valence-electron chi connectivity index (χ3n) is 5.95. The number of carbonyl (C=O) groups excluding carboxylic acids is 1. The highest BCUT2D eigenvalue weighted by Crippen LogP contribution is 2.27. The first kappa shape index (κ1) is 22.4. The normalized spacial score (nSPS) is 14.5. The number of anilines is 1. The Kier molecular flexibility index (Phi) is 6.35. The van der Waals surface area contributed by atoms with Crippen LogP contribution in [0.25, 0.3) is 5.57 Å². The number of rotatable bonds is 4. The molecule has 0 atom stereocenters. The van der Waals surface area contributed by atoms with Gasteiger partial charge in [0.1, 0.15) is 11.5 Å². The summed E-state index contributed by atoms with van der Waals surface area (Å²) in [6.07, 6.45) is 3.54. The molecular formula is C25H26FN5O2. The van der Waals surface area contributed by atoms with E-state index in [1.165, 1.54) is 12.1 Å². The van der Waals surface area contributed by atoms with Crippen molar-refractivity contribution in [3.05, 3.63) is 92.9 Å². The van der Waals surface area contributed by atoms with Gasteiger partial charge in [-0.05, 0) is 49.6 Å². The van der Waals surface area contributed by atoms with Crippen molar-refractivity contribution in [1.29, 1.82) is 0 Å². The van der Waals surface area contributed by atoms with Gasteiger partial charge in [0.25, 0.3) is 11.5 Å². The van der Waals surface area contributed by atoms with Crippen LogP contribution < -0.4 is 10.5 Å². The third kappa shape index (κ3) is 4.69. The number of amides is 1. The van der Waals surface area contributed by atoms with Crippen molar-refractivity contribution in [2.45, 2.75) is 20.8 Å². The second-order valence-corrected chi connectivity index (χ2v) is 8.08. The summed E-state index contributed by atoms with van der Waals surface area (Å²) >= 11 is 0. The molecule has 0 unspecified atom stereocenters. The third-order valence-corrected chi connectivity index (χ3v) is 5.95. The van der Waals surface area contributed by atoms with E-state index >= 15 is 0 Å². The molecule has 33 heavy (non-hydrogen) atoms. The minimum atomic E-state index is -0.251. The number of nitrogens with one attached hydrogen (secondary N) is 1. The zero-order chi connectivity index (χ0) is 23.5. The van der Waals surface area contributed by atoms with Crippen LogP contribution in [0.15, 0.2) is 53.5 Å². The maximum Gasteiger partial charge on any atom is 0.272 e. The highest BCUT2D eigenvalue weighted by atomic mass is 19.1. The second-order valence-electron chi connectivity index (χ2n) is 8.08. The number of benzene rings is 1. The molecule has 0 radical (unpaired) electrons. The number of piperazine rings is 1. The molecule has 4 rings (SSSR count). The van der Waals surface area contributed by atoms with Crippen LogP contribution in [0.4, 0.5) is 10.1 Å². The van der Waals surface area contributed by atoms with E-state index in [9.17, 15) is 14.0 Å². The molecule has 1 aliphatic heterocycles. The van der Waals surface area contributed by atoms with Gasteiger partial charge in [-0.3, -0.25) is 9.59 Å². The summed E-state index contributed by atoms with van der Waals surface area (Å²) in [4.78, 5) is 32.9. The highest BCUT2D eigenvalue weighted by molar-refractivity contribution is 5.93. The van der Waals surface area contributed by atoms with Crippen LogP contribution in [0, 0.1) is 19.7 Å². The molecule has 0 aliphatic carbocycles. The Morgan fingerprint density at radius 1 is 1.09 bits per heavy atom. The summed E-state index contributed by atoms with van der Waals surface area (Å²) in [5.74, 6) is -0.379. The fourth-order valence-electron chi connectivity index (χ4n) is 4.07. The van der Waals surface area contributed by atoms with Gasteiger partial charge in [0.15, 0.2) is 0 Å². The first-order valence-corrected chi connectivity index (χ1v) is 10.9. The van der Waals surface area contributed by atoms with Crippen molar-refractivity contribution in [3.8, 4) is 0 Å². The first-order chi connectivity index (χ1) is 15.9. The van der Waals surface area contributed by atoms with Crippen LogP contribution in [0.3, 0.4) is 0 Å². The molecule has 0 spiro atoms. The number of halogens is 1. The first-order valence-electron chi connectivity index (χ1n) is 10.9. The Morgan fingerprint density at radius 2 is 1.85 bits per heavy atom. The van der Waals surface area contributed by atoms with E-state index in [1.54, 1.807) is 30.2 Å². The summed E-state index contributed by atoms with van der Waals surface area (Å²) in [5.41, 5.74) is 4.70. The van der Waals surface area contributed by atoms with E-state index in [0.29, 0.717) is 43.1 Å². The number of hydrogen-bond acceptors (Lipinski definition) is 5. The Hall–Kier alpha value is -3.81. The maximum absolute atomic E-state index is 14.1. The lowest BCUT2D eigenvalue weighted by Gasteiger charge is -2.35. The van der Waals surface area contributed by atoms with Gasteiger partial charge in [-0.25, -0.2) is 14.5 Å². The fraction of sp³-hybridized carbons (Fsp3) is 0.280. The minimum Gasteiger partial charge on any atom is -0.367 e. The fourth-order valence-corrected chi connectivity index (χ4v) is 4.07. The molecule has 0 saturated carbocycles. The molecule has 1 N–H and O–H groups in total. The molecule has 1 amide bonds. The van der Waals surface area contributed by atoms with Crippen LogP contribution >= 0.6 is 0 Å². The zero-order valence-electron chi connectivity index (χ0n) is 18.9. The Bertz CT molecular complexity index is 1280. The summed E-state index contributed by atoms with van der Waals surface area (Å²) < 4.78 is 14.1. The van der Waals surface area contributed by atoms with Gasteiger partial charge in [0, 0.05) is 43.5 Å². The molecule has 1 aromatic carbocycles. The molecule has 3 aromatic rings. The van der Waals surface area contributed by atoms with Crippen LogP contribution in [0.1, 0.15) is 39.8 Å². The monoisotopic (exact) mass is 447 g/mol. The molecule has 1 aliphatic rings. The van der Waals surface area contributed by atoms with Gasteiger partial charge in [-0.15, -0.1) is 0 Å². The number of pyridine rings is 1. The SMILES string of the molecule is C/C=C(/c1ccc(C)c(F)c1)c1ccc(C(=O)N2CCN(c3cn[nH]c(=O)c3)CC2)nc1C. The number of H-pyrrole nitrogens is 1. The van der Waals surface area contributed by atoms with Crippen molar-refractivity contribution in [3.63, 3.8) is 0 Å². The lowest BCUT2D eigenvalue weighted by Crippen LogP contribution is -2.49. The molecule has 0 bridgehead atoms. The van der Waals surface area contributed by atoms with Crippen LogP contribution in [0.5, 0.6) is 0 Å². The highest BCUT2D eigenvalue weighted by Gasteiger charge is 2.24.